The normalized spacial score (nSPS) is 23.8. The fourth-order valence-corrected chi connectivity index (χ4v) is 2.40. The molecule has 0 aromatic rings. The predicted molar refractivity (Wildman–Crippen MR) is 81.5 cm³/mol. The van der Waals surface area contributed by atoms with E-state index in [1.54, 1.807) is 0 Å². The molecule has 2 N–H and O–H groups in total. The lowest BCUT2D eigenvalue weighted by Crippen LogP contribution is -2.45. The maximum atomic E-state index is 11.7. The molecule has 1 fully saturated rings. The van der Waals surface area contributed by atoms with E-state index in [1.807, 2.05) is 20.8 Å². The first-order chi connectivity index (χ1) is 8.76. The number of nitrogens with one attached hydrogen (secondary N) is 2. The Bertz CT molecular complexity index is 326. The highest BCUT2D eigenvalue weighted by Crippen LogP contribution is 2.19. The van der Waals surface area contributed by atoms with E-state index >= 15 is 0 Å². The summed E-state index contributed by atoms with van der Waals surface area (Å²) < 4.78 is 6.24. The highest BCUT2D eigenvalue weighted by Gasteiger charge is 2.25. The van der Waals surface area contributed by atoms with Crippen molar-refractivity contribution in [3.05, 3.63) is 11.1 Å². The van der Waals surface area contributed by atoms with Crippen LogP contribution < -0.4 is 10.6 Å². The van der Waals surface area contributed by atoms with Gasteiger partial charge in [-0.1, -0.05) is 22.5 Å². The van der Waals surface area contributed by atoms with Crippen molar-refractivity contribution in [2.24, 2.45) is 0 Å². The summed E-state index contributed by atoms with van der Waals surface area (Å²) in [5.41, 5.74) is -0.440. The predicted octanol–water partition coefficient (Wildman–Crippen LogP) is 3.32. The van der Waals surface area contributed by atoms with Crippen LogP contribution in [0, 0.1) is 0 Å². The third-order valence-electron chi connectivity index (χ3n) is 2.98. The Morgan fingerprint density at radius 3 is 2.58 bits per heavy atom. The van der Waals surface area contributed by atoms with E-state index in [0.29, 0.717) is 6.04 Å². The molecule has 0 aromatic carbocycles. The summed E-state index contributed by atoms with van der Waals surface area (Å²) in [7, 11) is 0. The molecule has 5 heteroatoms. The summed E-state index contributed by atoms with van der Waals surface area (Å²) in [6, 6.07) is 0.632. The van der Waals surface area contributed by atoms with Crippen molar-refractivity contribution in [2.75, 3.05) is 6.54 Å². The van der Waals surface area contributed by atoms with Crippen LogP contribution in [0.5, 0.6) is 0 Å². The van der Waals surface area contributed by atoms with Crippen LogP contribution in [-0.4, -0.2) is 30.3 Å². The van der Waals surface area contributed by atoms with Gasteiger partial charge in [0.25, 0.3) is 0 Å². The average molecular weight is 333 g/mol. The maximum Gasteiger partial charge on any atom is 0.407 e. The summed E-state index contributed by atoms with van der Waals surface area (Å²) in [5.74, 6) is 0. The van der Waals surface area contributed by atoms with Crippen molar-refractivity contribution in [1.29, 1.82) is 0 Å². The summed E-state index contributed by atoms with van der Waals surface area (Å²) >= 11 is 3.34. The number of rotatable bonds is 4. The minimum Gasteiger partial charge on any atom is -0.444 e. The number of alkyl carbamates (subject to hydrolysis) is 1. The summed E-state index contributed by atoms with van der Waals surface area (Å²) in [6.07, 6.45) is 3.91. The van der Waals surface area contributed by atoms with Crippen LogP contribution >= 0.6 is 15.9 Å². The van der Waals surface area contributed by atoms with Gasteiger partial charge in [0.15, 0.2) is 0 Å². The van der Waals surface area contributed by atoms with Gasteiger partial charge in [0.05, 0.1) is 0 Å². The average Bonchev–Trinajstić information content (AvgIpc) is 2.24. The van der Waals surface area contributed by atoms with Crippen LogP contribution in [0.1, 0.15) is 46.5 Å². The van der Waals surface area contributed by atoms with Crippen molar-refractivity contribution < 1.29 is 9.53 Å². The Morgan fingerprint density at radius 2 is 2.00 bits per heavy atom. The number of hydrogen-bond donors (Lipinski definition) is 2. The number of carbonyl (C=O) groups is 1. The molecule has 2 atom stereocenters. The Hall–Kier alpha value is -0.550. The van der Waals surface area contributed by atoms with Crippen LogP contribution in [0.15, 0.2) is 11.1 Å². The molecule has 4 nitrogen and oxygen atoms in total. The second-order valence-corrected chi connectivity index (χ2v) is 7.23. The maximum absolute atomic E-state index is 11.7. The third-order valence-corrected chi connectivity index (χ3v) is 3.26. The molecule has 1 aliphatic carbocycles. The first-order valence-corrected chi connectivity index (χ1v) is 7.62. The minimum absolute atomic E-state index is 0.199. The number of halogens is 1. The van der Waals surface area contributed by atoms with Crippen molar-refractivity contribution in [2.45, 2.75) is 64.1 Å². The molecular weight excluding hydrogens is 308 g/mol. The van der Waals surface area contributed by atoms with E-state index in [4.69, 9.17) is 4.74 Å². The standard InChI is InChI=1S/C14H25BrN2O2/c1-10(15)9-16-11-6-5-7-12(8-11)17-13(18)19-14(2,3)4/h11-12,16H,1,5-9H2,2-4H3,(H,17,18). The van der Waals surface area contributed by atoms with Crippen LogP contribution in [0.25, 0.3) is 0 Å². The molecule has 1 rings (SSSR count). The van der Waals surface area contributed by atoms with Gasteiger partial charge in [0, 0.05) is 23.1 Å². The van der Waals surface area contributed by atoms with Gasteiger partial charge in [-0.3, -0.25) is 0 Å². The van der Waals surface area contributed by atoms with Gasteiger partial charge in [-0.05, 0) is 46.5 Å². The molecule has 0 bridgehead atoms. The molecule has 19 heavy (non-hydrogen) atoms. The molecule has 0 radical (unpaired) electrons. The smallest absolute Gasteiger partial charge is 0.407 e. The van der Waals surface area contributed by atoms with E-state index in [-0.39, 0.29) is 12.1 Å². The van der Waals surface area contributed by atoms with Gasteiger partial charge in [-0.2, -0.15) is 0 Å². The lowest BCUT2D eigenvalue weighted by molar-refractivity contribution is 0.0489. The van der Waals surface area contributed by atoms with Crippen molar-refractivity contribution in [3.63, 3.8) is 0 Å². The Balaban J connectivity index is 2.34. The van der Waals surface area contributed by atoms with Crippen molar-refractivity contribution in [3.8, 4) is 0 Å². The lowest BCUT2D eigenvalue weighted by atomic mass is 9.91. The monoisotopic (exact) mass is 332 g/mol. The number of amides is 1. The summed E-state index contributed by atoms with van der Waals surface area (Å²) in [5, 5.41) is 6.39. The van der Waals surface area contributed by atoms with E-state index in [1.165, 1.54) is 0 Å². The van der Waals surface area contributed by atoms with Crippen LogP contribution in [0.2, 0.25) is 0 Å². The fourth-order valence-electron chi connectivity index (χ4n) is 2.24. The zero-order valence-electron chi connectivity index (χ0n) is 12.1. The van der Waals surface area contributed by atoms with Crippen molar-refractivity contribution >= 4 is 22.0 Å². The highest BCUT2D eigenvalue weighted by molar-refractivity contribution is 9.11. The van der Waals surface area contributed by atoms with Gasteiger partial charge in [0.1, 0.15) is 5.60 Å². The van der Waals surface area contributed by atoms with Gasteiger partial charge in [-0.25, -0.2) is 4.79 Å². The zero-order valence-corrected chi connectivity index (χ0v) is 13.7. The number of hydrogen-bond acceptors (Lipinski definition) is 3. The van der Waals surface area contributed by atoms with Gasteiger partial charge < -0.3 is 15.4 Å². The second-order valence-electron chi connectivity index (χ2n) is 6.10. The third kappa shape index (κ3) is 7.57. The highest BCUT2D eigenvalue weighted by atomic mass is 79.9. The molecule has 1 amide bonds. The molecule has 110 valence electrons. The topological polar surface area (TPSA) is 50.4 Å². The Labute approximate surface area is 124 Å². The first kappa shape index (κ1) is 16.5. The molecule has 2 unspecified atom stereocenters. The van der Waals surface area contributed by atoms with Gasteiger partial charge in [-0.15, -0.1) is 0 Å². The van der Waals surface area contributed by atoms with Crippen LogP contribution in [0.3, 0.4) is 0 Å². The number of carbonyl (C=O) groups excluding carboxylic acids is 1. The van der Waals surface area contributed by atoms with Crippen LogP contribution in [-0.2, 0) is 4.74 Å². The first-order valence-electron chi connectivity index (χ1n) is 6.82. The molecule has 1 saturated carbocycles. The van der Waals surface area contributed by atoms with E-state index in [9.17, 15) is 4.79 Å². The lowest BCUT2D eigenvalue weighted by Gasteiger charge is -2.31. The molecule has 0 spiro atoms. The molecule has 0 aliphatic heterocycles. The Morgan fingerprint density at radius 1 is 1.37 bits per heavy atom. The molecular formula is C14H25BrN2O2. The van der Waals surface area contributed by atoms with Crippen LogP contribution in [0.4, 0.5) is 4.79 Å². The summed E-state index contributed by atoms with van der Waals surface area (Å²) in [6.45, 7) is 10.2. The number of ether oxygens (including phenoxy) is 1. The molecule has 0 aromatic heterocycles. The van der Waals surface area contributed by atoms with Crippen molar-refractivity contribution in [1.82, 2.24) is 10.6 Å². The SMILES string of the molecule is C=C(Br)CNC1CCCC(NC(=O)OC(C)(C)C)C1. The second kappa shape index (κ2) is 7.29. The van der Waals surface area contributed by atoms with E-state index in [2.05, 4.69) is 33.1 Å². The zero-order chi connectivity index (χ0) is 14.5. The van der Waals surface area contributed by atoms with Gasteiger partial charge in [0.2, 0.25) is 0 Å². The van der Waals surface area contributed by atoms with E-state index in [0.717, 1.165) is 36.7 Å². The molecule has 1 aliphatic rings. The Kier molecular flexibility index (Phi) is 6.33. The minimum atomic E-state index is -0.440. The molecule has 0 saturated heterocycles. The largest absolute Gasteiger partial charge is 0.444 e. The van der Waals surface area contributed by atoms with Gasteiger partial charge >= 0.3 is 6.09 Å². The quantitative estimate of drug-likeness (QED) is 0.830. The summed E-state index contributed by atoms with van der Waals surface area (Å²) in [4.78, 5) is 11.7. The molecule has 0 heterocycles. The van der Waals surface area contributed by atoms with E-state index < -0.39 is 5.60 Å². The fraction of sp³-hybridized carbons (Fsp3) is 0.786.